The first-order valence-corrected chi connectivity index (χ1v) is 5.23. The van der Waals surface area contributed by atoms with Crippen molar-refractivity contribution < 1.29 is 0 Å². The van der Waals surface area contributed by atoms with E-state index in [0.717, 1.165) is 16.5 Å². The van der Waals surface area contributed by atoms with Crippen LogP contribution < -0.4 is 5.56 Å². The molecule has 0 spiro atoms. The summed E-state index contributed by atoms with van der Waals surface area (Å²) in [5, 5.41) is 1.01. The molecule has 0 saturated carbocycles. The highest BCUT2D eigenvalue weighted by atomic mass is 16.1. The number of rotatable bonds is 1. The van der Waals surface area contributed by atoms with Crippen molar-refractivity contribution in [1.29, 1.82) is 0 Å². The summed E-state index contributed by atoms with van der Waals surface area (Å²) < 4.78 is 0. The molecule has 0 aliphatic heterocycles. The molecule has 1 aromatic carbocycles. The van der Waals surface area contributed by atoms with Gasteiger partial charge in [-0.15, -0.1) is 0 Å². The molecular formula is C13H9N3O. The molecule has 2 aromatic heterocycles. The van der Waals surface area contributed by atoms with Gasteiger partial charge in [-0.1, -0.05) is 24.3 Å². The van der Waals surface area contributed by atoms with E-state index in [0.29, 0.717) is 5.56 Å². The lowest BCUT2D eigenvalue weighted by molar-refractivity contribution is 1.12. The standard InChI is InChI=1S/C13H9N3O/c17-13-11(7-14-8-16-13)10-5-1-3-9-4-2-6-15-12(9)10/h1-8H,(H,14,16,17). The third-order valence-electron chi connectivity index (χ3n) is 2.64. The monoisotopic (exact) mass is 223 g/mol. The van der Waals surface area contributed by atoms with Gasteiger partial charge in [0, 0.05) is 23.3 Å². The van der Waals surface area contributed by atoms with Crippen LogP contribution in [0.5, 0.6) is 0 Å². The molecule has 4 heteroatoms. The minimum atomic E-state index is -0.154. The first-order valence-electron chi connectivity index (χ1n) is 5.23. The highest BCUT2D eigenvalue weighted by Crippen LogP contribution is 2.23. The van der Waals surface area contributed by atoms with E-state index in [1.54, 1.807) is 12.4 Å². The maximum absolute atomic E-state index is 11.7. The number of fused-ring (bicyclic) bond motifs is 1. The van der Waals surface area contributed by atoms with Crippen molar-refractivity contribution in [2.24, 2.45) is 0 Å². The zero-order valence-corrected chi connectivity index (χ0v) is 8.92. The van der Waals surface area contributed by atoms with Crippen molar-refractivity contribution in [3.05, 3.63) is 59.4 Å². The lowest BCUT2D eigenvalue weighted by Gasteiger charge is -2.03. The lowest BCUT2D eigenvalue weighted by atomic mass is 10.0. The van der Waals surface area contributed by atoms with Gasteiger partial charge in [0.05, 0.1) is 17.4 Å². The molecule has 0 fully saturated rings. The Kier molecular flexibility index (Phi) is 2.19. The minimum absolute atomic E-state index is 0.154. The minimum Gasteiger partial charge on any atom is -0.313 e. The van der Waals surface area contributed by atoms with Crippen LogP contribution in [0.2, 0.25) is 0 Å². The smallest absolute Gasteiger partial charge is 0.258 e. The van der Waals surface area contributed by atoms with Gasteiger partial charge in [-0.3, -0.25) is 9.78 Å². The number of hydrogen-bond donors (Lipinski definition) is 1. The molecule has 4 nitrogen and oxygen atoms in total. The number of pyridine rings is 1. The predicted octanol–water partition coefficient (Wildman–Crippen LogP) is 1.99. The van der Waals surface area contributed by atoms with Crippen LogP contribution in [-0.4, -0.2) is 15.0 Å². The molecular weight excluding hydrogens is 214 g/mol. The summed E-state index contributed by atoms with van der Waals surface area (Å²) in [6, 6.07) is 9.60. The zero-order valence-electron chi connectivity index (χ0n) is 8.92. The number of H-pyrrole nitrogens is 1. The second-order valence-corrected chi connectivity index (χ2v) is 3.68. The Labute approximate surface area is 97.0 Å². The highest BCUT2D eigenvalue weighted by molar-refractivity contribution is 5.92. The number of aromatic amines is 1. The summed E-state index contributed by atoms with van der Waals surface area (Å²) >= 11 is 0. The third kappa shape index (κ3) is 1.59. The van der Waals surface area contributed by atoms with Crippen LogP contribution in [0.3, 0.4) is 0 Å². The van der Waals surface area contributed by atoms with Gasteiger partial charge in [0.25, 0.3) is 5.56 Å². The van der Waals surface area contributed by atoms with Crippen LogP contribution in [0.15, 0.2) is 53.8 Å². The van der Waals surface area contributed by atoms with Crippen molar-refractivity contribution in [3.63, 3.8) is 0 Å². The fourth-order valence-corrected chi connectivity index (χ4v) is 1.86. The Balaban J connectivity index is 2.39. The van der Waals surface area contributed by atoms with E-state index < -0.39 is 0 Å². The molecule has 0 saturated heterocycles. The average Bonchev–Trinajstić information content (AvgIpc) is 2.39. The first-order chi connectivity index (χ1) is 8.36. The molecule has 0 aliphatic carbocycles. The molecule has 82 valence electrons. The summed E-state index contributed by atoms with van der Waals surface area (Å²) in [6.45, 7) is 0. The van der Waals surface area contributed by atoms with Gasteiger partial charge in [-0.05, 0) is 6.07 Å². The Morgan fingerprint density at radius 3 is 2.82 bits per heavy atom. The molecule has 0 radical (unpaired) electrons. The Morgan fingerprint density at radius 1 is 1.06 bits per heavy atom. The number of hydrogen-bond acceptors (Lipinski definition) is 3. The summed E-state index contributed by atoms with van der Waals surface area (Å²) in [7, 11) is 0. The number of para-hydroxylation sites is 1. The molecule has 0 atom stereocenters. The van der Waals surface area contributed by atoms with E-state index in [2.05, 4.69) is 15.0 Å². The van der Waals surface area contributed by atoms with Gasteiger partial charge in [-0.25, -0.2) is 4.98 Å². The van der Waals surface area contributed by atoms with Crippen molar-refractivity contribution in [3.8, 4) is 11.1 Å². The van der Waals surface area contributed by atoms with Crippen LogP contribution >= 0.6 is 0 Å². The van der Waals surface area contributed by atoms with Gasteiger partial charge < -0.3 is 4.98 Å². The topological polar surface area (TPSA) is 58.6 Å². The van der Waals surface area contributed by atoms with Crippen LogP contribution in [0.1, 0.15) is 0 Å². The molecule has 0 unspecified atom stereocenters. The maximum atomic E-state index is 11.7. The van der Waals surface area contributed by atoms with Gasteiger partial charge in [0.1, 0.15) is 0 Å². The van der Waals surface area contributed by atoms with E-state index in [4.69, 9.17) is 0 Å². The predicted molar refractivity (Wildman–Crippen MR) is 65.6 cm³/mol. The Hall–Kier alpha value is -2.49. The van der Waals surface area contributed by atoms with E-state index >= 15 is 0 Å². The van der Waals surface area contributed by atoms with Crippen molar-refractivity contribution in [2.75, 3.05) is 0 Å². The largest absolute Gasteiger partial charge is 0.313 e. The fraction of sp³-hybridized carbons (Fsp3) is 0. The summed E-state index contributed by atoms with van der Waals surface area (Å²) in [5.74, 6) is 0. The molecule has 3 aromatic rings. The Morgan fingerprint density at radius 2 is 1.94 bits per heavy atom. The molecule has 3 rings (SSSR count). The van der Waals surface area contributed by atoms with Crippen molar-refractivity contribution >= 4 is 10.9 Å². The first kappa shape index (κ1) is 9.72. The molecule has 2 heterocycles. The molecule has 17 heavy (non-hydrogen) atoms. The second kappa shape index (κ2) is 3.83. The van der Waals surface area contributed by atoms with Crippen LogP contribution in [0.25, 0.3) is 22.0 Å². The van der Waals surface area contributed by atoms with E-state index in [1.165, 1.54) is 6.33 Å². The third-order valence-corrected chi connectivity index (χ3v) is 2.64. The lowest BCUT2D eigenvalue weighted by Crippen LogP contribution is -2.08. The summed E-state index contributed by atoms with van der Waals surface area (Å²) in [5.41, 5.74) is 2.00. The molecule has 0 amide bonds. The molecule has 0 bridgehead atoms. The number of aromatic nitrogens is 3. The van der Waals surface area contributed by atoms with Crippen LogP contribution in [0.4, 0.5) is 0 Å². The van der Waals surface area contributed by atoms with Gasteiger partial charge >= 0.3 is 0 Å². The normalized spacial score (nSPS) is 10.6. The van der Waals surface area contributed by atoms with Gasteiger partial charge in [0.2, 0.25) is 0 Å². The summed E-state index contributed by atoms with van der Waals surface area (Å²) in [6.07, 6.45) is 4.66. The number of nitrogens with zero attached hydrogens (tertiary/aromatic N) is 2. The summed E-state index contributed by atoms with van der Waals surface area (Å²) in [4.78, 5) is 22.6. The SMILES string of the molecule is O=c1[nH]cncc1-c1cccc2cccnc12. The average molecular weight is 223 g/mol. The van der Waals surface area contributed by atoms with Gasteiger partial charge in [-0.2, -0.15) is 0 Å². The van der Waals surface area contributed by atoms with Crippen LogP contribution in [0, 0.1) is 0 Å². The molecule has 1 N–H and O–H groups in total. The quantitative estimate of drug-likeness (QED) is 0.686. The molecule has 0 aliphatic rings. The zero-order chi connectivity index (χ0) is 11.7. The highest BCUT2D eigenvalue weighted by Gasteiger charge is 2.07. The second-order valence-electron chi connectivity index (χ2n) is 3.68. The van der Waals surface area contributed by atoms with E-state index in [1.807, 2.05) is 30.3 Å². The number of benzene rings is 1. The Bertz CT molecular complexity index is 728. The number of nitrogens with one attached hydrogen (secondary N) is 1. The van der Waals surface area contributed by atoms with E-state index in [-0.39, 0.29) is 5.56 Å². The van der Waals surface area contributed by atoms with E-state index in [9.17, 15) is 4.79 Å². The van der Waals surface area contributed by atoms with Crippen molar-refractivity contribution in [1.82, 2.24) is 15.0 Å². The van der Waals surface area contributed by atoms with Crippen LogP contribution in [-0.2, 0) is 0 Å². The van der Waals surface area contributed by atoms with Crippen molar-refractivity contribution in [2.45, 2.75) is 0 Å². The van der Waals surface area contributed by atoms with Gasteiger partial charge in [0.15, 0.2) is 0 Å². The fourth-order valence-electron chi connectivity index (χ4n) is 1.86. The maximum Gasteiger partial charge on any atom is 0.258 e.